The molecule has 2 atom stereocenters. The summed E-state index contributed by atoms with van der Waals surface area (Å²) in [7, 11) is -3.93. The first-order valence-electron chi connectivity index (χ1n) is 7.43. The summed E-state index contributed by atoms with van der Waals surface area (Å²) in [6.07, 6.45) is 0.625. The monoisotopic (exact) mass is 334 g/mol. The second kappa shape index (κ2) is 7.12. The van der Waals surface area contributed by atoms with Crippen LogP contribution in [0.4, 0.5) is 0 Å². The van der Waals surface area contributed by atoms with Gasteiger partial charge in [-0.2, -0.15) is 0 Å². The Bertz CT molecular complexity index is 761. The topological polar surface area (TPSA) is 92.4 Å². The van der Waals surface area contributed by atoms with Crippen LogP contribution in [0.3, 0.4) is 0 Å². The summed E-state index contributed by atoms with van der Waals surface area (Å²) in [5.41, 5.74) is 1.99. The van der Waals surface area contributed by atoms with Crippen molar-refractivity contribution in [1.82, 2.24) is 5.32 Å². The Labute approximate surface area is 137 Å². The second-order valence-electron chi connectivity index (χ2n) is 5.75. The molecule has 6 heteroatoms. The molecule has 0 heterocycles. The van der Waals surface area contributed by atoms with E-state index in [9.17, 15) is 13.5 Å². The number of phenolic OH excluding ortho intramolecular Hbond substituents is 1. The van der Waals surface area contributed by atoms with Gasteiger partial charge >= 0.3 is 0 Å². The van der Waals surface area contributed by atoms with Crippen molar-refractivity contribution in [2.24, 2.45) is 5.14 Å². The number of primary sulfonamides is 1. The predicted octanol–water partition coefficient (Wildman–Crippen LogP) is 2.32. The maximum absolute atomic E-state index is 11.5. The van der Waals surface area contributed by atoms with Gasteiger partial charge in [-0.25, -0.2) is 13.6 Å². The van der Waals surface area contributed by atoms with Gasteiger partial charge in [-0.15, -0.1) is 0 Å². The highest BCUT2D eigenvalue weighted by molar-refractivity contribution is 7.89. The summed E-state index contributed by atoms with van der Waals surface area (Å²) in [5, 5.41) is 18.2. The van der Waals surface area contributed by atoms with Gasteiger partial charge in [-0.05, 0) is 43.5 Å². The molecule has 0 bridgehead atoms. The Morgan fingerprint density at radius 1 is 1.13 bits per heavy atom. The molecule has 124 valence electrons. The van der Waals surface area contributed by atoms with E-state index in [1.165, 1.54) is 17.7 Å². The summed E-state index contributed by atoms with van der Waals surface area (Å²) in [6, 6.07) is 14.9. The van der Waals surface area contributed by atoms with Crippen LogP contribution in [0.2, 0.25) is 0 Å². The maximum Gasteiger partial charge on any atom is 0.241 e. The van der Waals surface area contributed by atoms with Gasteiger partial charge in [0, 0.05) is 12.1 Å². The lowest BCUT2D eigenvalue weighted by Crippen LogP contribution is -2.30. The Hall–Kier alpha value is -1.89. The van der Waals surface area contributed by atoms with Crippen LogP contribution < -0.4 is 10.5 Å². The lowest BCUT2D eigenvalue weighted by Gasteiger charge is -2.20. The first-order valence-corrected chi connectivity index (χ1v) is 8.97. The van der Waals surface area contributed by atoms with Crippen LogP contribution in [-0.4, -0.2) is 19.6 Å². The van der Waals surface area contributed by atoms with E-state index in [0.717, 1.165) is 5.56 Å². The largest absolute Gasteiger partial charge is 0.507 e. The molecule has 0 aliphatic rings. The summed E-state index contributed by atoms with van der Waals surface area (Å²) < 4.78 is 22.9. The maximum atomic E-state index is 11.5. The third-order valence-corrected chi connectivity index (χ3v) is 4.65. The molecule has 5 nitrogen and oxygen atoms in total. The molecule has 2 aromatic carbocycles. The van der Waals surface area contributed by atoms with Gasteiger partial charge in [0.05, 0.1) is 0 Å². The van der Waals surface area contributed by atoms with Gasteiger partial charge < -0.3 is 10.4 Å². The zero-order valence-corrected chi connectivity index (χ0v) is 14.0. The third-order valence-electron chi connectivity index (χ3n) is 3.71. The zero-order valence-electron chi connectivity index (χ0n) is 13.2. The van der Waals surface area contributed by atoms with E-state index in [2.05, 4.69) is 24.4 Å². The highest BCUT2D eigenvalue weighted by atomic mass is 32.2. The lowest BCUT2D eigenvalue weighted by molar-refractivity contribution is 0.456. The van der Waals surface area contributed by atoms with Crippen molar-refractivity contribution < 1.29 is 13.5 Å². The fourth-order valence-electron chi connectivity index (χ4n) is 2.59. The van der Waals surface area contributed by atoms with Crippen LogP contribution in [0.5, 0.6) is 5.75 Å². The molecule has 2 aromatic rings. The van der Waals surface area contributed by atoms with E-state index < -0.39 is 10.0 Å². The number of phenols is 1. The fourth-order valence-corrected chi connectivity index (χ4v) is 3.27. The second-order valence-corrected chi connectivity index (χ2v) is 7.28. The average molecular weight is 334 g/mol. The third kappa shape index (κ3) is 4.79. The molecule has 0 spiro atoms. The SMILES string of the molecule is C[C@H](N[C@@H](C)Cc1ccc(O)c(S(N)(=O)=O)c1)c1ccccc1. The molecule has 0 aromatic heterocycles. The minimum absolute atomic E-state index is 0.128. The number of benzene rings is 2. The van der Waals surface area contributed by atoms with Gasteiger partial charge in [0.1, 0.15) is 10.6 Å². The van der Waals surface area contributed by atoms with E-state index in [1.807, 2.05) is 25.1 Å². The first-order chi connectivity index (χ1) is 10.8. The molecule has 0 amide bonds. The number of hydrogen-bond acceptors (Lipinski definition) is 4. The summed E-state index contributed by atoms with van der Waals surface area (Å²) in [4.78, 5) is -0.238. The molecule has 0 aliphatic carbocycles. The quantitative estimate of drug-likeness (QED) is 0.756. The van der Waals surface area contributed by atoms with Crippen molar-refractivity contribution >= 4 is 10.0 Å². The molecule has 0 radical (unpaired) electrons. The zero-order chi connectivity index (χ0) is 17.0. The van der Waals surface area contributed by atoms with Crippen molar-refractivity contribution in [3.8, 4) is 5.75 Å². The van der Waals surface area contributed by atoms with Crippen LogP contribution in [0.15, 0.2) is 53.4 Å². The van der Waals surface area contributed by atoms with Crippen LogP contribution in [0.25, 0.3) is 0 Å². The standard InChI is InChI=1S/C17H22N2O3S/c1-12(19-13(2)15-6-4-3-5-7-15)10-14-8-9-16(20)17(11-14)23(18,21)22/h3-9,11-13,19-20H,10H2,1-2H3,(H2,18,21,22)/t12-,13-/m0/s1. The molecular formula is C17H22N2O3S. The van der Waals surface area contributed by atoms with Crippen LogP contribution in [-0.2, 0) is 16.4 Å². The minimum atomic E-state index is -3.93. The van der Waals surface area contributed by atoms with Gasteiger partial charge in [-0.1, -0.05) is 36.4 Å². The molecule has 0 fully saturated rings. The summed E-state index contributed by atoms with van der Waals surface area (Å²) in [6.45, 7) is 4.11. The van der Waals surface area contributed by atoms with E-state index in [-0.39, 0.29) is 22.7 Å². The predicted molar refractivity (Wildman–Crippen MR) is 90.6 cm³/mol. The Kier molecular flexibility index (Phi) is 5.41. The van der Waals surface area contributed by atoms with E-state index in [4.69, 9.17) is 5.14 Å². The Balaban J connectivity index is 2.07. The minimum Gasteiger partial charge on any atom is -0.507 e. The van der Waals surface area contributed by atoms with E-state index in [1.54, 1.807) is 6.07 Å². The number of hydrogen-bond donors (Lipinski definition) is 3. The highest BCUT2D eigenvalue weighted by Gasteiger charge is 2.16. The van der Waals surface area contributed by atoms with Crippen molar-refractivity contribution in [3.05, 3.63) is 59.7 Å². The van der Waals surface area contributed by atoms with Gasteiger partial charge in [0.15, 0.2) is 0 Å². The summed E-state index contributed by atoms with van der Waals surface area (Å²) in [5.74, 6) is -0.325. The normalized spacial score (nSPS) is 14.4. The van der Waals surface area contributed by atoms with Crippen molar-refractivity contribution in [1.29, 1.82) is 0 Å². The number of rotatable bonds is 6. The van der Waals surface area contributed by atoms with Crippen molar-refractivity contribution in [3.63, 3.8) is 0 Å². The number of nitrogens with one attached hydrogen (secondary N) is 1. The molecule has 0 saturated heterocycles. The van der Waals surface area contributed by atoms with Crippen molar-refractivity contribution in [2.75, 3.05) is 0 Å². The molecule has 0 unspecified atom stereocenters. The molecular weight excluding hydrogens is 312 g/mol. The van der Waals surface area contributed by atoms with Crippen molar-refractivity contribution in [2.45, 2.75) is 37.2 Å². The molecule has 0 aliphatic heterocycles. The Morgan fingerprint density at radius 2 is 1.78 bits per heavy atom. The number of aromatic hydroxyl groups is 1. The lowest BCUT2D eigenvalue weighted by atomic mass is 10.0. The Morgan fingerprint density at radius 3 is 2.39 bits per heavy atom. The van der Waals surface area contributed by atoms with Crippen LogP contribution in [0, 0.1) is 0 Å². The van der Waals surface area contributed by atoms with E-state index >= 15 is 0 Å². The summed E-state index contributed by atoms with van der Waals surface area (Å²) >= 11 is 0. The number of sulfonamides is 1. The molecule has 0 saturated carbocycles. The van der Waals surface area contributed by atoms with Gasteiger partial charge in [0.2, 0.25) is 10.0 Å². The molecule has 4 N–H and O–H groups in total. The van der Waals surface area contributed by atoms with Gasteiger partial charge in [0.25, 0.3) is 0 Å². The van der Waals surface area contributed by atoms with Crippen LogP contribution in [0.1, 0.15) is 31.0 Å². The molecule has 23 heavy (non-hydrogen) atoms. The smallest absolute Gasteiger partial charge is 0.241 e. The average Bonchev–Trinajstić information content (AvgIpc) is 2.49. The molecule has 2 rings (SSSR count). The van der Waals surface area contributed by atoms with Crippen LogP contribution >= 0.6 is 0 Å². The van der Waals surface area contributed by atoms with E-state index in [0.29, 0.717) is 6.42 Å². The van der Waals surface area contributed by atoms with Gasteiger partial charge in [-0.3, -0.25) is 0 Å². The number of nitrogens with two attached hydrogens (primary N) is 1. The first kappa shape index (κ1) is 17.5. The fraction of sp³-hybridized carbons (Fsp3) is 0.294. The highest BCUT2D eigenvalue weighted by Crippen LogP contribution is 2.23.